The predicted octanol–water partition coefficient (Wildman–Crippen LogP) is 3.14. The van der Waals surface area contributed by atoms with E-state index < -0.39 is 47.6 Å². The van der Waals surface area contributed by atoms with E-state index in [2.05, 4.69) is 0 Å². The van der Waals surface area contributed by atoms with Gasteiger partial charge in [0.2, 0.25) is 0 Å². The minimum Gasteiger partial charge on any atom is -0.457 e. The number of allylic oxidation sites excluding steroid dienone is 2. The molecule has 0 radical (unpaired) electrons. The Kier molecular flexibility index (Phi) is 11.9. The molecule has 2 rings (SSSR count). The minimum atomic E-state index is -1.43. The lowest BCUT2D eigenvalue weighted by Crippen LogP contribution is -2.42. The molecule has 10 atom stereocenters. The van der Waals surface area contributed by atoms with Gasteiger partial charge >= 0.3 is 11.9 Å². The first-order valence-electron chi connectivity index (χ1n) is 13.9. The standard InChI is InChI=1S/C30H48O9/c1-8-23(33)20(4)28-24(38-28)17-29(6,35)14-9-10-18(2)27-19(3)11-12-25(37-21(5)31)30(7,36)15-13-22(32)16-26(34)39-27/h9-12,14,19-20,22-25,27-28,32-33,35-36H,8,13,15-17H2,1-7H3/b12-11+,14-9+,18-10+/t19-,20+,22+,23-,24-,25-,27+,28-,29-,30+/m0/s1. The van der Waals surface area contributed by atoms with E-state index in [0.717, 1.165) is 0 Å². The van der Waals surface area contributed by atoms with Gasteiger partial charge in [-0.1, -0.05) is 45.1 Å². The lowest BCUT2D eigenvalue weighted by Gasteiger charge is -2.32. The lowest BCUT2D eigenvalue weighted by molar-refractivity contribution is -0.157. The number of hydrogen-bond donors (Lipinski definition) is 4. The summed E-state index contributed by atoms with van der Waals surface area (Å²) < 4.78 is 16.8. The second-order valence-corrected chi connectivity index (χ2v) is 11.7. The molecule has 0 amide bonds. The van der Waals surface area contributed by atoms with Crippen LogP contribution >= 0.6 is 0 Å². The molecule has 2 heterocycles. The number of epoxide rings is 1. The molecule has 222 valence electrons. The van der Waals surface area contributed by atoms with Crippen molar-refractivity contribution in [3.05, 3.63) is 36.0 Å². The summed E-state index contributed by atoms with van der Waals surface area (Å²) in [5.74, 6) is -1.46. The fourth-order valence-electron chi connectivity index (χ4n) is 4.98. The molecular formula is C30H48O9. The molecule has 39 heavy (non-hydrogen) atoms. The van der Waals surface area contributed by atoms with E-state index in [9.17, 15) is 30.0 Å². The second kappa shape index (κ2) is 14.0. The third kappa shape index (κ3) is 10.5. The molecule has 0 bridgehead atoms. The van der Waals surface area contributed by atoms with Crippen molar-refractivity contribution in [1.29, 1.82) is 0 Å². The summed E-state index contributed by atoms with van der Waals surface area (Å²) in [4.78, 5) is 24.3. The van der Waals surface area contributed by atoms with Crippen LogP contribution in [0.1, 0.15) is 80.6 Å². The monoisotopic (exact) mass is 552 g/mol. The lowest BCUT2D eigenvalue weighted by atomic mass is 9.88. The van der Waals surface area contributed by atoms with E-state index in [4.69, 9.17) is 14.2 Å². The second-order valence-electron chi connectivity index (χ2n) is 11.7. The van der Waals surface area contributed by atoms with Gasteiger partial charge in [-0.25, -0.2) is 0 Å². The summed E-state index contributed by atoms with van der Waals surface area (Å²) in [6.45, 7) is 12.0. The molecule has 1 fully saturated rings. The van der Waals surface area contributed by atoms with Gasteiger partial charge < -0.3 is 34.6 Å². The van der Waals surface area contributed by atoms with Crippen molar-refractivity contribution in [1.82, 2.24) is 0 Å². The molecule has 0 aromatic rings. The summed E-state index contributed by atoms with van der Waals surface area (Å²) in [5, 5.41) is 42.2. The Morgan fingerprint density at radius 2 is 2.00 bits per heavy atom. The number of hydrogen-bond acceptors (Lipinski definition) is 9. The van der Waals surface area contributed by atoms with Crippen molar-refractivity contribution in [2.24, 2.45) is 11.8 Å². The van der Waals surface area contributed by atoms with Gasteiger partial charge in [-0.05, 0) is 51.7 Å². The third-order valence-electron chi connectivity index (χ3n) is 7.66. The molecule has 2 aliphatic rings. The van der Waals surface area contributed by atoms with Crippen LogP contribution in [0.15, 0.2) is 36.0 Å². The quantitative estimate of drug-likeness (QED) is 0.147. The van der Waals surface area contributed by atoms with Gasteiger partial charge in [-0.3, -0.25) is 9.59 Å². The number of rotatable bonds is 9. The van der Waals surface area contributed by atoms with E-state index in [1.807, 2.05) is 20.8 Å². The van der Waals surface area contributed by atoms with Crippen molar-refractivity contribution in [3.8, 4) is 0 Å². The van der Waals surface area contributed by atoms with Crippen LogP contribution in [0.5, 0.6) is 0 Å². The summed E-state index contributed by atoms with van der Waals surface area (Å²) in [6, 6.07) is 0. The Morgan fingerprint density at radius 3 is 2.62 bits per heavy atom. The largest absolute Gasteiger partial charge is 0.457 e. The van der Waals surface area contributed by atoms with Crippen LogP contribution in [0.3, 0.4) is 0 Å². The molecule has 4 N–H and O–H groups in total. The summed E-state index contributed by atoms with van der Waals surface area (Å²) in [5.41, 5.74) is -1.87. The zero-order chi connectivity index (χ0) is 29.5. The highest BCUT2D eigenvalue weighted by Crippen LogP contribution is 2.37. The molecule has 1 saturated heterocycles. The van der Waals surface area contributed by atoms with E-state index in [1.54, 1.807) is 44.2 Å². The molecule has 0 aliphatic carbocycles. The summed E-state index contributed by atoms with van der Waals surface area (Å²) in [6.07, 6.45) is 6.23. The Bertz CT molecular complexity index is 919. The molecule has 0 saturated carbocycles. The zero-order valence-corrected chi connectivity index (χ0v) is 24.4. The van der Waals surface area contributed by atoms with E-state index in [-0.39, 0.29) is 43.3 Å². The van der Waals surface area contributed by atoms with Gasteiger partial charge in [0.25, 0.3) is 0 Å². The Balaban J connectivity index is 2.18. The predicted molar refractivity (Wildman–Crippen MR) is 146 cm³/mol. The number of carbonyl (C=O) groups excluding carboxylic acids is 2. The Hall–Kier alpha value is -2.04. The summed E-state index contributed by atoms with van der Waals surface area (Å²) in [7, 11) is 0. The van der Waals surface area contributed by atoms with Crippen LogP contribution in [0.4, 0.5) is 0 Å². The number of esters is 2. The van der Waals surface area contributed by atoms with Gasteiger partial charge in [-0.2, -0.15) is 0 Å². The molecule has 9 heteroatoms. The van der Waals surface area contributed by atoms with Gasteiger partial charge in [0, 0.05) is 25.2 Å². The van der Waals surface area contributed by atoms with Crippen LogP contribution in [-0.4, -0.2) is 80.2 Å². The van der Waals surface area contributed by atoms with Crippen LogP contribution < -0.4 is 0 Å². The minimum absolute atomic E-state index is 0.00472. The number of aliphatic hydroxyl groups is 4. The molecule has 0 aromatic carbocycles. The van der Waals surface area contributed by atoms with E-state index in [0.29, 0.717) is 18.4 Å². The van der Waals surface area contributed by atoms with Crippen molar-refractivity contribution < 1.29 is 44.2 Å². The number of cyclic esters (lactones) is 1. The average Bonchev–Trinajstić information content (AvgIpc) is 3.59. The maximum Gasteiger partial charge on any atom is 0.309 e. The fourth-order valence-corrected chi connectivity index (χ4v) is 4.98. The number of carbonyl (C=O) groups is 2. The average molecular weight is 553 g/mol. The first kappa shape index (κ1) is 33.2. The smallest absolute Gasteiger partial charge is 0.309 e. The highest BCUT2D eigenvalue weighted by atomic mass is 16.6. The molecule has 0 unspecified atom stereocenters. The normalized spacial score (nSPS) is 36.6. The van der Waals surface area contributed by atoms with Crippen LogP contribution in [-0.2, 0) is 23.8 Å². The van der Waals surface area contributed by atoms with Crippen molar-refractivity contribution >= 4 is 11.9 Å². The summed E-state index contributed by atoms with van der Waals surface area (Å²) >= 11 is 0. The Labute approximate surface area is 232 Å². The molecule has 2 aliphatic heterocycles. The van der Waals surface area contributed by atoms with Crippen LogP contribution in [0, 0.1) is 11.8 Å². The molecule has 9 nitrogen and oxygen atoms in total. The number of aliphatic hydroxyl groups excluding tert-OH is 2. The zero-order valence-electron chi connectivity index (χ0n) is 24.4. The fraction of sp³-hybridized carbons (Fsp3) is 0.733. The maximum atomic E-state index is 12.6. The van der Waals surface area contributed by atoms with Gasteiger partial charge in [0.05, 0.1) is 36.4 Å². The van der Waals surface area contributed by atoms with Gasteiger partial charge in [0.1, 0.15) is 17.8 Å². The van der Waals surface area contributed by atoms with Crippen molar-refractivity contribution in [3.63, 3.8) is 0 Å². The first-order chi connectivity index (χ1) is 18.1. The molecular weight excluding hydrogens is 504 g/mol. The number of ether oxygens (including phenoxy) is 3. The van der Waals surface area contributed by atoms with Crippen LogP contribution in [0.25, 0.3) is 0 Å². The SMILES string of the molecule is CC[C@H](O)[C@@H](C)[C@@H]1O[C@H]1C[C@@](C)(O)/C=C/C=C(\C)[C@H]1OC(=O)C[C@H](O)CC[C@@](C)(O)[C@@H](OC(C)=O)/C=C/[C@@H]1C. The topological polar surface area (TPSA) is 146 Å². The highest BCUT2D eigenvalue weighted by molar-refractivity contribution is 5.70. The van der Waals surface area contributed by atoms with Gasteiger partial charge in [-0.15, -0.1) is 0 Å². The van der Waals surface area contributed by atoms with Gasteiger partial charge in [0.15, 0.2) is 0 Å². The van der Waals surface area contributed by atoms with Crippen molar-refractivity contribution in [2.75, 3.05) is 0 Å². The highest BCUT2D eigenvalue weighted by Gasteiger charge is 2.47. The Morgan fingerprint density at radius 1 is 1.33 bits per heavy atom. The van der Waals surface area contributed by atoms with Crippen molar-refractivity contribution in [2.45, 2.75) is 128 Å². The van der Waals surface area contributed by atoms with Crippen LogP contribution in [0.2, 0.25) is 0 Å². The molecule has 0 spiro atoms. The third-order valence-corrected chi connectivity index (χ3v) is 7.66. The maximum absolute atomic E-state index is 12.6. The first-order valence-corrected chi connectivity index (χ1v) is 13.9. The molecule has 0 aromatic heterocycles. The van der Waals surface area contributed by atoms with E-state index >= 15 is 0 Å². The van der Waals surface area contributed by atoms with E-state index in [1.165, 1.54) is 13.8 Å².